The van der Waals surface area contributed by atoms with E-state index >= 15 is 0 Å². The van der Waals surface area contributed by atoms with Crippen molar-refractivity contribution in [3.63, 3.8) is 0 Å². The Bertz CT molecular complexity index is 1220. The van der Waals surface area contributed by atoms with Crippen LogP contribution >= 0.6 is 0 Å². The van der Waals surface area contributed by atoms with Crippen LogP contribution in [0.3, 0.4) is 0 Å². The maximum atomic E-state index is 12.9. The smallest absolute Gasteiger partial charge is 0.254 e. The van der Waals surface area contributed by atoms with Gasteiger partial charge in [-0.25, -0.2) is 0 Å². The SMILES string of the molecule is COc1cc(C=NN2C(=O)[C@@H]3[C@H](C2=O)[C@H]2C=C[C@H]3C2)cc(OC)c1OCc1ccc2c(c1)OCO2. The molecule has 2 aliphatic carbocycles. The first kappa shape index (κ1) is 21.5. The molecule has 4 atom stereocenters. The second-order valence-electron chi connectivity index (χ2n) is 8.96. The monoisotopic (exact) mass is 476 g/mol. The van der Waals surface area contributed by atoms with Crippen molar-refractivity contribution in [1.82, 2.24) is 5.01 Å². The van der Waals surface area contributed by atoms with Gasteiger partial charge in [0.15, 0.2) is 23.0 Å². The van der Waals surface area contributed by atoms with E-state index < -0.39 is 0 Å². The Hall–Kier alpha value is -4.01. The third-order valence-electron chi connectivity index (χ3n) is 7.07. The molecule has 1 saturated carbocycles. The Labute approximate surface area is 201 Å². The molecule has 2 fully saturated rings. The van der Waals surface area contributed by atoms with Crippen LogP contribution in [-0.2, 0) is 16.2 Å². The van der Waals surface area contributed by atoms with Crippen molar-refractivity contribution in [2.45, 2.75) is 13.0 Å². The van der Waals surface area contributed by atoms with Crippen LogP contribution in [-0.4, -0.2) is 44.1 Å². The zero-order valence-electron chi connectivity index (χ0n) is 19.3. The number of amides is 2. The van der Waals surface area contributed by atoms with Crippen molar-refractivity contribution in [2.24, 2.45) is 28.8 Å². The van der Waals surface area contributed by atoms with Crippen LogP contribution in [0.1, 0.15) is 17.5 Å². The minimum atomic E-state index is -0.286. The van der Waals surface area contributed by atoms with Crippen LogP contribution in [0.4, 0.5) is 0 Å². The van der Waals surface area contributed by atoms with Gasteiger partial charge in [0.25, 0.3) is 11.8 Å². The van der Waals surface area contributed by atoms with Gasteiger partial charge in [0.05, 0.1) is 32.3 Å². The Morgan fingerprint density at radius 3 is 2.29 bits per heavy atom. The molecule has 4 aliphatic rings. The van der Waals surface area contributed by atoms with Crippen LogP contribution in [0, 0.1) is 23.7 Å². The molecular weight excluding hydrogens is 452 g/mol. The number of methoxy groups -OCH3 is 2. The molecule has 0 unspecified atom stereocenters. The highest BCUT2D eigenvalue weighted by atomic mass is 16.7. The molecule has 2 bridgehead atoms. The summed E-state index contributed by atoms with van der Waals surface area (Å²) in [5, 5.41) is 5.26. The van der Waals surface area contributed by atoms with Crippen molar-refractivity contribution in [1.29, 1.82) is 0 Å². The summed E-state index contributed by atoms with van der Waals surface area (Å²) in [4.78, 5) is 25.7. The molecule has 9 heteroatoms. The van der Waals surface area contributed by atoms with Crippen molar-refractivity contribution < 1.29 is 33.3 Å². The molecule has 2 heterocycles. The second-order valence-corrected chi connectivity index (χ2v) is 8.96. The fourth-order valence-electron chi connectivity index (χ4n) is 5.43. The highest BCUT2D eigenvalue weighted by Gasteiger charge is 2.59. The van der Waals surface area contributed by atoms with Gasteiger partial charge in [-0.2, -0.15) is 10.1 Å². The zero-order chi connectivity index (χ0) is 24.1. The first-order valence-electron chi connectivity index (χ1n) is 11.4. The summed E-state index contributed by atoms with van der Waals surface area (Å²) in [6.07, 6.45) is 6.47. The molecule has 0 radical (unpaired) electrons. The maximum Gasteiger partial charge on any atom is 0.254 e. The molecular formula is C26H24N2O7. The lowest BCUT2D eigenvalue weighted by atomic mass is 9.85. The molecule has 2 aromatic rings. The van der Waals surface area contributed by atoms with Gasteiger partial charge in [-0.3, -0.25) is 9.59 Å². The molecule has 0 aromatic heterocycles. The number of fused-ring (bicyclic) bond motifs is 6. The number of benzene rings is 2. The predicted octanol–water partition coefficient (Wildman–Crippen LogP) is 3.15. The summed E-state index contributed by atoms with van der Waals surface area (Å²) in [5.41, 5.74) is 1.50. The van der Waals surface area contributed by atoms with E-state index in [1.165, 1.54) is 20.4 Å². The Balaban J connectivity index is 1.21. The summed E-state index contributed by atoms with van der Waals surface area (Å²) < 4.78 is 27.9. The van der Waals surface area contributed by atoms with Crippen molar-refractivity contribution >= 4 is 18.0 Å². The number of imide groups is 1. The van der Waals surface area contributed by atoms with E-state index in [-0.39, 0.29) is 48.9 Å². The van der Waals surface area contributed by atoms with E-state index in [0.717, 1.165) is 17.0 Å². The van der Waals surface area contributed by atoms with Gasteiger partial charge in [0.2, 0.25) is 12.5 Å². The van der Waals surface area contributed by atoms with Gasteiger partial charge in [0.1, 0.15) is 6.61 Å². The number of hydrogen-bond donors (Lipinski definition) is 0. The molecule has 2 aliphatic heterocycles. The first-order valence-corrected chi connectivity index (χ1v) is 11.4. The van der Waals surface area contributed by atoms with E-state index in [1.54, 1.807) is 12.1 Å². The lowest BCUT2D eigenvalue weighted by molar-refractivity contribution is -0.140. The topological polar surface area (TPSA) is 95.9 Å². The third kappa shape index (κ3) is 3.50. The van der Waals surface area contributed by atoms with Gasteiger partial charge < -0.3 is 23.7 Å². The number of nitrogens with zero attached hydrogens (tertiary/aromatic N) is 2. The standard InChI is InChI=1S/C26H24N2O7/c1-31-20-8-15(11-27-28-25(29)22-16-4-5-17(10-16)23(22)26(28)30)9-21(32-2)24(20)33-12-14-3-6-18-19(7-14)35-13-34-18/h3-9,11,16-17,22-23H,10,12-13H2,1-2H3/t16-,17-,22-,23+/m0/s1. The van der Waals surface area contributed by atoms with Crippen LogP contribution < -0.4 is 23.7 Å². The van der Waals surface area contributed by atoms with Gasteiger partial charge in [-0.05, 0) is 48.1 Å². The van der Waals surface area contributed by atoms with Crippen LogP contribution in [0.5, 0.6) is 28.7 Å². The molecule has 9 nitrogen and oxygen atoms in total. The molecule has 0 N–H and O–H groups in total. The van der Waals surface area contributed by atoms with Crippen molar-refractivity contribution in [3.05, 3.63) is 53.6 Å². The fourth-order valence-corrected chi connectivity index (χ4v) is 5.43. The largest absolute Gasteiger partial charge is 0.493 e. The van der Waals surface area contributed by atoms with Crippen LogP contribution in [0.2, 0.25) is 0 Å². The normalized spacial score (nSPS) is 25.6. The summed E-state index contributed by atoms with van der Waals surface area (Å²) in [5.74, 6) is 1.93. The summed E-state index contributed by atoms with van der Waals surface area (Å²) >= 11 is 0. The predicted molar refractivity (Wildman–Crippen MR) is 124 cm³/mol. The van der Waals surface area contributed by atoms with Gasteiger partial charge in [0, 0.05) is 5.56 Å². The Kier molecular flexibility index (Phi) is 5.12. The first-order chi connectivity index (χ1) is 17.1. The van der Waals surface area contributed by atoms with Crippen molar-refractivity contribution in [2.75, 3.05) is 21.0 Å². The van der Waals surface area contributed by atoms with Gasteiger partial charge >= 0.3 is 0 Å². The number of carbonyl (C=O) groups is 2. The van der Waals surface area contributed by atoms with E-state index in [1.807, 2.05) is 18.2 Å². The lowest BCUT2D eigenvalue weighted by Gasteiger charge is -2.16. The zero-order valence-corrected chi connectivity index (χ0v) is 19.3. The molecule has 6 rings (SSSR count). The molecule has 35 heavy (non-hydrogen) atoms. The summed E-state index contributed by atoms with van der Waals surface area (Å²) in [6.45, 7) is 0.463. The lowest BCUT2D eigenvalue weighted by Crippen LogP contribution is -2.28. The van der Waals surface area contributed by atoms with Gasteiger partial charge in [-0.1, -0.05) is 18.2 Å². The molecule has 180 valence electrons. The van der Waals surface area contributed by atoms with Crippen LogP contribution in [0.25, 0.3) is 0 Å². The fraction of sp³-hybridized carbons (Fsp3) is 0.346. The van der Waals surface area contributed by atoms with E-state index in [0.29, 0.717) is 34.3 Å². The third-order valence-corrected chi connectivity index (χ3v) is 7.07. The molecule has 0 spiro atoms. The average molecular weight is 476 g/mol. The van der Waals surface area contributed by atoms with E-state index in [9.17, 15) is 9.59 Å². The van der Waals surface area contributed by atoms with Gasteiger partial charge in [-0.15, -0.1) is 0 Å². The quantitative estimate of drug-likeness (QED) is 0.344. The number of ether oxygens (including phenoxy) is 5. The number of hydrogen-bond acceptors (Lipinski definition) is 8. The summed E-state index contributed by atoms with van der Waals surface area (Å²) in [7, 11) is 3.06. The number of hydrazone groups is 1. The van der Waals surface area contributed by atoms with E-state index in [2.05, 4.69) is 17.3 Å². The minimum absolute atomic E-state index is 0.142. The van der Waals surface area contributed by atoms with Crippen LogP contribution in [0.15, 0.2) is 47.6 Å². The van der Waals surface area contributed by atoms with E-state index in [4.69, 9.17) is 23.7 Å². The maximum absolute atomic E-state index is 12.9. The molecule has 2 amide bonds. The molecule has 1 saturated heterocycles. The average Bonchev–Trinajstić information content (AvgIpc) is 3.66. The summed E-state index contributed by atoms with van der Waals surface area (Å²) in [6, 6.07) is 9.04. The highest BCUT2D eigenvalue weighted by molar-refractivity contribution is 6.06. The Morgan fingerprint density at radius 2 is 1.63 bits per heavy atom. The number of rotatable bonds is 7. The highest BCUT2D eigenvalue weighted by Crippen LogP contribution is 2.52. The number of carbonyl (C=O) groups excluding carboxylic acids is 2. The minimum Gasteiger partial charge on any atom is -0.493 e. The Morgan fingerprint density at radius 1 is 0.971 bits per heavy atom. The van der Waals surface area contributed by atoms with Crippen molar-refractivity contribution in [3.8, 4) is 28.7 Å². The molecule has 2 aromatic carbocycles. The number of allylic oxidation sites excluding steroid dienone is 2. The second kappa shape index (κ2) is 8.33.